The minimum Gasteiger partial charge on any atom is -0.207 e. The van der Waals surface area contributed by atoms with E-state index in [0.29, 0.717) is 10.6 Å². The lowest BCUT2D eigenvalue weighted by molar-refractivity contribution is 0.627. The summed E-state index contributed by atoms with van der Waals surface area (Å²) in [6.07, 6.45) is 2.76. The molecule has 12 heavy (non-hydrogen) atoms. The third-order valence-corrected chi connectivity index (χ3v) is 1.45. The highest BCUT2D eigenvalue weighted by molar-refractivity contribution is 6.30. The second kappa shape index (κ2) is 3.89. The fourth-order valence-electron chi connectivity index (χ4n) is 0.805. The minimum absolute atomic E-state index is 0.326. The Morgan fingerprint density at radius 1 is 1.42 bits per heavy atom. The molecule has 0 N–H and O–H groups in total. The monoisotopic (exact) mass is 181 g/mol. The largest absolute Gasteiger partial charge is 0.207 e. The van der Waals surface area contributed by atoms with Gasteiger partial charge in [0.2, 0.25) is 0 Å². The van der Waals surface area contributed by atoms with Crippen LogP contribution in [0.1, 0.15) is 5.56 Å². The van der Waals surface area contributed by atoms with Crippen molar-refractivity contribution in [2.75, 3.05) is 0 Å². The second-order valence-corrected chi connectivity index (χ2v) is 2.60. The van der Waals surface area contributed by atoms with Crippen LogP contribution < -0.4 is 0 Å². The molecular formula is C9H5ClFN. The van der Waals surface area contributed by atoms with E-state index in [0.717, 1.165) is 0 Å². The van der Waals surface area contributed by atoms with Crippen LogP contribution >= 0.6 is 11.6 Å². The molecule has 1 aromatic rings. The predicted octanol–water partition coefficient (Wildman–Crippen LogP) is 3.02. The SMILES string of the molecule is N#C/C=C/c1cc(F)cc(Cl)c1. The summed E-state index contributed by atoms with van der Waals surface area (Å²) in [7, 11) is 0. The summed E-state index contributed by atoms with van der Waals surface area (Å²) in [5.74, 6) is -0.403. The van der Waals surface area contributed by atoms with Gasteiger partial charge in [0.25, 0.3) is 0 Å². The van der Waals surface area contributed by atoms with Gasteiger partial charge in [0.1, 0.15) is 5.82 Å². The number of hydrogen-bond acceptors (Lipinski definition) is 1. The maximum atomic E-state index is 12.7. The van der Waals surface area contributed by atoms with Crippen molar-refractivity contribution < 1.29 is 4.39 Å². The van der Waals surface area contributed by atoms with Gasteiger partial charge in [-0.2, -0.15) is 5.26 Å². The molecule has 0 radical (unpaired) electrons. The highest BCUT2D eigenvalue weighted by atomic mass is 35.5. The van der Waals surface area contributed by atoms with Crippen molar-refractivity contribution in [1.82, 2.24) is 0 Å². The van der Waals surface area contributed by atoms with Gasteiger partial charge in [-0.1, -0.05) is 11.6 Å². The van der Waals surface area contributed by atoms with Crippen molar-refractivity contribution in [2.24, 2.45) is 0 Å². The number of benzene rings is 1. The van der Waals surface area contributed by atoms with Gasteiger partial charge in [-0.05, 0) is 29.8 Å². The van der Waals surface area contributed by atoms with Gasteiger partial charge in [-0.3, -0.25) is 0 Å². The van der Waals surface area contributed by atoms with E-state index in [1.807, 2.05) is 6.07 Å². The van der Waals surface area contributed by atoms with Gasteiger partial charge in [-0.15, -0.1) is 0 Å². The lowest BCUT2D eigenvalue weighted by Crippen LogP contribution is -1.77. The quantitative estimate of drug-likeness (QED) is 0.611. The Balaban J connectivity index is 3.03. The molecule has 0 fully saturated rings. The van der Waals surface area contributed by atoms with Crippen LogP contribution in [0.5, 0.6) is 0 Å². The van der Waals surface area contributed by atoms with Crippen LogP contribution in [-0.2, 0) is 0 Å². The molecule has 60 valence electrons. The number of nitriles is 1. The molecule has 0 heterocycles. The molecule has 0 saturated heterocycles. The molecule has 0 aliphatic carbocycles. The maximum absolute atomic E-state index is 12.7. The summed E-state index contributed by atoms with van der Waals surface area (Å²) in [6, 6.07) is 5.91. The number of halogens is 2. The third-order valence-electron chi connectivity index (χ3n) is 1.24. The first-order chi connectivity index (χ1) is 5.72. The van der Waals surface area contributed by atoms with Crippen LogP contribution in [0.3, 0.4) is 0 Å². The lowest BCUT2D eigenvalue weighted by atomic mass is 10.2. The molecular weight excluding hydrogens is 177 g/mol. The summed E-state index contributed by atoms with van der Waals surface area (Å²) in [5.41, 5.74) is 0.585. The molecule has 0 amide bonds. The summed E-state index contributed by atoms with van der Waals surface area (Å²) in [4.78, 5) is 0. The lowest BCUT2D eigenvalue weighted by Gasteiger charge is -1.94. The molecule has 1 rings (SSSR count). The van der Waals surface area contributed by atoms with Crippen molar-refractivity contribution >= 4 is 17.7 Å². The van der Waals surface area contributed by atoms with Crippen LogP contribution in [0, 0.1) is 17.1 Å². The van der Waals surface area contributed by atoms with Gasteiger partial charge in [0, 0.05) is 11.1 Å². The van der Waals surface area contributed by atoms with Gasteiger partial charge >= 0.3 is 0 Å². The Kier molecular flexibility index (Phi) is 2.84. The minimum atomic E-state index is -0.403. The number of hydrogen-bond donors (Lipinski definition) is 0. The van der Waals surface area contributed by atoms with Crippen molar-refractivity contribution in [3.8, 4) is 6.07 Å². The predicted molar refractivity (Wildman–Crippen MR) is 46.1 cm³/mol. The Morgan fingerprint density at radius 2 is 2.17 bits per heavy atom. The van der Waals surface area contributed by atoms with Crippen LogP contribution in [0.25, 0.3) is 6.08 Å². The molecule has 0 atom stereocenters. The van der Waals surface area contributed by atoms with Crippen LogP contribution in [0.4, 0.5) is 4.39 Å². The normalized spacial score (nSPS) is 10.1. The highest BCUT2D eigenvalue weighted by Gasteiger charge is 1.95. The van der Waals surface area contributed by atoms with E-state index in [1.165, 1.54) is 24.3 Å². The fraction of sp³-hybridized carbons (Fsp3) is 0. The molecule has 0 bridgehead atoms. The molecule has 0 aromatic heterocycles. The molecule has 0 spiro atoms. The molecule has 0 aliphatic rings. The fourth-order valence-corrected chi connectivity index (χ4v) is 1.04. The van der Waals surface area contributed by atoms with Crippen LogP contribution in [0.2, 0.25) is 5.02 Å². The van der Waals surface area contributed by atoms with E-state index in [-0.39, 0.29) is 0 Å². The zero-order valence-corrected chi connectivity index (χ0v) is 6.85. The van der Waals surface area contributed by atoms with E-state index < -0.39 is 5.82 Å². The standard InChI is InChI=1S/C9H5ClFN/c10-8-4-7(2-1-3-12)5-9(11)6-8/h1-2,4-6H/b2-1+. The Bertz CT molecular complexity index is 332. The molecule has 0 aliphatic heterocycles. The average Bonchev–Trinajstić information content (AvgIpc) is 1.99. The molecule has 0 saturated carbocycles. The zero-order chi connectivity index (χ0) is 8.97. The van der Waals surface area contributed by atoms with Crippen molar-refractivity contribution in [3.63, 3.8) is 0 Å². The first-order valence-electron chi connectivity index (χ1n) is 3.24. The first kappa shape index (κ1) is 8.76. The maximum Gasteiger partial charge on any atom is 0.125 e. The molecule has 1 nitrogen and oxygen atoms in total. The third kappa shape index (κ3) is 2.37. The molecule has 3 heteroatoms. The van der Waals surface area contributed by atoms with Gasteiger partial charge in [0.15, 0.2) is 0 Å². The summed E-state index contributed by atoms with van der Waals surface area (Å²) in [5, 5.41) is 8.53. The number of allylic oxidation sites excluding steroid dienone is 1. The second-order valence-electron chi connectivity index (χ2n) is 2.17. The summed E-state index contributed by atoms with van der Waals surface area (Å²) < 4.78 is 12.7. The summed E-state index contributed by atoms with van der Waals surface area (Å²) >= 11 is 5.57. The van der Waals surface area contributed by atoms with Gasteiger partial charge < -0.3 is 0 Å². The topological polar surface area (TPSA) is 23.8 Å². The highest BCUT2D eigenvalue weighted by Crippen LogP contribution is 2.14. The first-order valence-corrected chi connectivity index (χ1v) is 3.62. The van der Waals surface area contributed by atoms with Gasteiger partial charge in [-0.25, -0.2) is 4.39 Å². The molecule has 0 unspecified atom stereocenters. The molecule has 1 aromatic carbocycles. The van der Waals surface area contributed by atoms with E-state index >= 15 is 0 Å². The Labute approximate surface area is 74.7 Å². The van der Waals surface area contributed by atoms with Crippen molar-refractivity contribution in [3.05, 3.63) is 40.7 Å². The average molecular weight is 182 g/mol. The zero-order valence-electron chi connectivity index (χ0n) is 6.09. The smallest absolute Gasteiger partial charge is 0.125 e. The Hall–Kier alpha value is -1.33. The van der Waals surface area contributed by atoms with Gasteiger partial charge in [0.05, 0.1) is 6.07 Å². The van der Waals surface area contributed by atoms with Crippen LogP contribution in [0.15, 0.2) is 24.3 Å². The van der Waals surface area contributed by atoms with E-state index in [9.17, 15) is 4.39 Å². The number of nitrogens with zero attached hydrogens (tertiary/aromatic N) is 1. The number of rotatable bonds is 1. The van der Waals surface area contributed by atoms with E-state index in [1.54, 1.807) is 6.07 Å². The van der Waals surface area contributed by atoms with Crippen LogP contribution in [-0.4, -0.2) is 0 Å². The van der Waals surface area contributed by atoms with Crippen molar-refractivity contribution in [1.29, 1.82) is 5.26 Å². The van der Waals surface area contributed by atoms with E-state index in [2.05, 4.69) is 0 Å². The van der Waals surface area contributed by atoms with E-state index in [4.69, 9.17) is 16.9 Å². The Morgan fingerprint density at radius 3 is 2.75 bits per heavy atom. The summed E-state index contributed by atoms with van der Waals surface area (Å²) in [6.45, 7) is 0. The van der Waals surface area contributed by atoms with Crippen molar-refractivity contribution in [2.45, 2.75) is 0 Å².